The van der Waals surface area contributed by atoms with Crippen molar-refractivity contribution >= 4 is 21.8 Å². The van der Waals surface area contributed by atoms with Crippen LogP contribution >= 0.6 is 15.9 Å². The van der Waals surface area contributed by atoms with E-state index in [-0.39, 0.29) is 17.7 Å². The Morgan fingerprint density at radius 2 is 2.32 bits per heavy atom. The second-order valence-corrected chi connectivity index (χ2v) is 5.31. The molecular formula is C14H18BrNO3. The van der Waals surface area contributed by atoms with E-state index in [9.17, 15) is 9.90 Å². The molecule has 1 unspecified atom stereocenters. The topological polar surface area (TPSA) is 49.8 Å². The Morgan fingerprint density at radius 3 is 3.00 bits per heavy atom. The molecule has 0 aliphatic carbocycles. The third-order valence-electron chi connectivity index (χ3n) is 3.52. The quantitative estimate of drug-likeness (QED) is 0.868. The Hall–Kier alpha value is -1.23. The number of rotatable bonds is 3. The first kappa shape index (κ1) is 14.2. The summed E-state index contributed by atoms with van der Waals surface area (Å²) in [4.78, 5) is 14.4. The number of para-hydroxylation sites is 1. The van der Waals surface area contributed by atoms with Crippen molar-refractivity contribution < 1.29 is 14.6 Å². The molecular weight excluding hydrogens is 310 g/mol. The molecule has 0 bridgehead atoms. The van der Waals surface area contributed by atoms with Gasteiger partial charge in [-0.25, -0.2) is 0 Å². The summed E-state index contributed by atoms with van der Waals surface area (Å²) in [6.45, 7) is 0.742. The average molecular weight is 328 g/mol. The van der Waals surface area contributed by atoms with Gasteiger partial charge < -0.3 is 14.7 Å². The van der Waals surface area contributed by atoms with Gasteiger partial charge >= 0.3 is 0 Å². The smallest absolute Gasteiger partial charge is 0.258 e. The Balaban J connectivity index is 2.28. The molecule has 5 heteroatoms. The molecule has 1 aromatic rings. The van der Waals surface area contributed by atoms with E-state index in [0.717, 1.165) is 31.1 Å². The van der Waals surface area contributed by atoms with E-state index in [1.165, 1.54) is 7.11 Å². The van der Waals surface area contributed by atoms with Crippen LogP contribution in [0.1, 0.15) is 29.6 Å². The van der Waals surface area contributed by atoms with Gasteiger partial charge in [-0.05, 0) is 31.4 Å². The van der Waals surface area contributed by atoms with Gasteiger partial charge in [0.1, 0.15) is 0 Å². The third kappa shape index (κ3) is 2.86. The zero-order chi connectivity index (χ0) is 13.8. The largest absolute Gasteiger partial charge is 0.504 e. The van der Waals surface area contributed by atoms with Crippen molar-refractivity contribution in [1.29, 1.82) is 0 Å². The minimum atomic E-state index is -0.124. The summed E-state index contributed by atoms with van der Waals surface area (Å²) in [6, 6.07) is 5.20. The lowest BCUT2D eigenvalue weighted by Crippen LogP contribution is -2.44. The predicted molar refractivity (Wildman–Crippen MR) is 77.1 cm³/mol. The number of likely N-dealkylation sites (tertiary alicyclic amines) is 1. The Labute approximate surface area is 121 Å². The Bertz CT molecular complexity index is 464. The van der Waals surface area contributed by atoms with Crippen molar-refractivity contribution in [2.24, 2.45) is 0 Å². The molecule has 1 heterocycles. The molecule has 1 amide bonds. The first-order chi connectivity index (χ1) is 9.19. The highest BCUT2D eigenvalue weighted by atomic mass is 79.9. The lowest BCUT2D eigenvalue weighted by molar-refractivity contribution is 0.0638. The number of carbonyl (C=O) groups is 1. The monoisotopic (exact) mass is 327 g/mol. The number of amides is 1. The van der Waals surface area contributed by atoms with E-state index in [4.69, 9.17) is 4.74 Å². The van der Waals surface area contributed by atoms with Crippen LogP contribution in [0.2, 0.25) is 0 Å². The summed E-state index contributed by atoms with van der Waals surface area (Å²) >= 11 is 3.46. The standard InChI is InChI=1S/C14H18BrNO3/c1-19-12-7-4-6-11(13(12)17)14(18)16-8-3-2-5-10(16)9-15/h4,6-7,10,17H,2-3,5,8-9H2,1H3. The maximum absolute atomic E-state index is 12.5. The molecule has 0 saturated carbocycles. The summed E-state index contributed by atoms with van der Waals surface area (Å²) in [5.41, 5.74) is 0.312. The van der Waals surface area contributed by atoms with Gasteiger partial charge in [-0.15, -0.1) is 0 Å². The van der Waals surface area contributed by atoms with Gasteiger partial charge in [0.05, 0.1) is 12.7 Å². The minimum absolute atomic E-state index is 0.0751. The van der Waals surface area contributed by atoms with E-state index >= 15 is 0 Å². The van der Waals surface area contributed by atoms with Crippen molar-refractivity contribution in [3.05, 3.63) is 23.8 Å². The van der Waals surface area contributed by atoms with Crippen LogP contribution in [-0.2, 0) is 0 Å². The van der Waals surface area contributed by atoms with Crippen LogP contribution in [0, 0.1) is 0 Å². The van der Waals surface area contributed by atoms with Gasteiger partial charge in [-0.1, -0.05) is 22.0 Å². The van der Waals surface area contributed by atoms with Crippen LogP contribution < -0.4 is 4.74 Å². The van der Waals surface area contributed by atoms with E-state index in [2.05, 4.69) is 15.9 Å². The first-order valence-electron chi connectivity index (χ1n) is 6.42. The molecule has 0 spiro atoms. The average Bonchev–Trinajstić information content (AvgIpc) is 2.46. The van der Waals surface area contributed by atoms with Gasteiger partial charge in [-0.2, -0.15) is 0 Å². The van der Waals surface area contributed by atoms with Crippen molar-refractivity contribution in [3.63, 3.8) is 0 Å². The van der Waals surface area contributed by atoms with Gasteiger partial charge in [0.25, 0.3) is 5.91 Å². The second-order valence-electron chi connectivity index (χ2n) is 4.66. The summed E-state index contributed by atoms with van der Waals surface area (Å²) < 4.78 is 5.05. The molecule has 2 rings (SSSR count). The zero-order valence-corrected chi connectivity index (χ0v) is 12.5. The number of alkyl halides is 1. The number of hydrogen-bond acceptors (Lipinski definition) is 3. The van der Waals surface area contributed by atoms with E-state index < -0.39 is 0 Å². The van der Waals surface area contributed by atoms with Crippen LogP contribution in [0.3, 0.4) is 0 Å². The first-order valence-corrected chi connectivity index (χ1v) is 7.54. The van der Waals surface area contributed by atoms with Gasteiger partial charge in [0.15, 0.2) is 11.5 Å². The molecule has 0 aromatic heterocycles. The van der Waals surface area contributed by atoms with Crippen molar-refractivity contribution in [3.8, 4) is 11.5 Å². The molecule has 19 heavy (non-hydrogen) atoms. The summed E-state index contributed by atoms with van der Waals surface area (Å²) in [5.74, 6) is 0.132. The lowest BCUT2D eigenvalue weighted by Gasteiger charge is -2.35. The van der Waals surface area contributed by atoms with Crippen LogP contribution in [0.25, 0.3) is 0 Å². The van der Waals surface area contributed by atoms with Crippen molar-refractivity contribution in [1.82, 2.24) is 4.90 Å². The molecule has 1 fully saturated rings. The number of aromatic hydroxyl groups is 1. The number of nitrogens with zero attached hydrogens (tertiary/aromatic N) is 1. The minimum Gasteiger partial charge on any atom is -0.504 e. The fraction of sp³-hybridized carbons (Fsp3) is 0.500. The fourth-order valence-corrected chi connectivity index (χ4v) is 3.12. The normalized spacial score (nSPS) is 19.3. The van der Waals surface area contributed by atoms with Crippen LogP contribution in [0.15, 0.2) is 18.2 Å². The molecule has 1 saturated heterocycles. The van der Waals surface area contributed by atoms with Crippen LogP contribution in [-0.4, -0.2) is 40.9 Å². The van der Waals surface area contributed by atoms with Gasteiger partial charge in [0.2, 0.25) is 0 Å². The lowest BCUT2D eigenvalue weighted by atomic mass is 10.0. The highest BCUT2D eigenvalue weighted by molar-refractivity contribution is 9.09. The highest BCUT2D eigenvalue weighted by Gasteiger charge is 2.28. The van der Waals surface area contributed by atoms with Crippen LogP contribution in [0.4, 0.5) is 0 Å². The molecule has 1 N–H and O–H groups in total. The number of benzene rings is 1. The van der Waals surface area contributed by atoms with E-state index in [1.807, 2.05) is 4.90 Å². The summed E-state index contributed by atoms with van der Waals surface area (Å²) in [7, 11) is 1.48. The SMILES string of the molecule is COc1cccc(C(=O)N2CCCCC2CBr)c1O. The molecule has 1 atom stereocenters. The summed E-state index contributed by atoms with van der Waals surface area (Å²) in [6.07, 6.45) is 3.16. The fourth-order valence-electron chi connectivity index (χ4n) is 2.44. The predicted octanol–water partition coefficient (Wildman–Crippen LogP) is 2.79. The zero-order valence-electron chi connectivity index (χ0n) is 10.9. The van der Waals surface area contributed by atoms with Gasteiger partial charge in [-0.3, -0.25) is 4.79 Å². The Kier molecular flexibility index (Phi) is 4.69. The van der Waals surface area contributed by atoms with Crippen molar-refractivity contribution in [2.75, 3.05) is 19.0 Å². The van der Waals surface area contributed by atoms with Crippen molar-refractivity contribution in [2.45, 2.75) is 25.3 Å². The number of ether oxygens (including phenoxy) is 1. The number of phenolic OH excluding ortho intramolecular Hbond substituents is 1. The molecule has 1 aliphatic heterocycles. The molecule has 104 valence electrons. The number of hydrogen-bond donors (Lipinski definition) is 1. The summed E-state index contributed by atoms with van der Waals surface area (Å²) in [5, 5.41) is 10.8. The maximum Gasteiger partial charge on any atom is 0.258 e. The number of methoxy groups -OCH3 is 1. The van der Waals surface area contributed by atoms with E-state index in [1.54, 1.807) is 18.2 Å². The molecule has 1 aliphatic rings. The number of carbonyl (C=O) groups excluding carboxylic acids is 1. The van der Waals surface area contributed by atoms with E-state index in [0.29, 0.717) is 11.3 Å². The maximum atomic E-state index is 12.5. The third-order valence-corrected chi connectivity index (χ3v) is 4.26. The second kappa shape index (κ2) is 6.28. The highest BCUT2D eigenvalue weighted by Crippen LogP contribution is 2.31. The molecule has 0 radical (unpaired) electrons. The Morgan fingerprint density at radius 1 is 1.53 bits per heavy atom. The number of phenols is 1. The molecule has 1 aromatic carbocycles. The number of piperidine rings is 1. The molecule has 4 nitrogen and oxygen atoms in total. The van der Waals surface area contributed by atoms with Gasteiger partial charge in [0, 0.05) is 17.9 Å². The number of halogens is 1. The van der Waals surface area contributed by atoms with Crippen LogP contribution in [0.5, 0.6) is 11.5 Å².